The number of carbonyl (C=O) groups is 1. The first kappa shape index (κ1) is 28.9. The first-order chi connectivity index (χ1) is 14.2. The predicted molar refractivity (Wildman–Crippen MR) is 133 cm³/mol. The summed E-state index contributed by atoms with van der Waals surface area (Å²) in [5.74, 6) is 2.57. The van der Waals surface area contributed by atoms with Gasteiger partial charge in [0.1, 0.15) is 11.4 Å². The molecule has 0 spiro atoms. The summed E-state index contributed by atoms with van der Waals surface area (Å²) in [7, 11) is 4.78. The standard InChI is InChI=1S/C21H36N4O5.HI/c1-8-22-19(23-10-9-11-24-20(26)30-21(2,3)4)25-14-15-12-17(28-6)18(29-7)13-16(15)27-5;/h12-13H,8-11,14H2,1-7H3,(H,24,26)(H2,22,23,25);1H. The molecule has 3 N–H and O–H groups in total. The molecule has 31 heavy (non-hydrogen) atoms. The zero-order valence-electron chi connectivity index (χ0n) is 19.6. The molecule has 0 aliphatic carbocycles. The lowest BCUT2D eigenvalue weighted by Crippen LogP contribution is -2.39. The van der Waals surface area contributed by atoms with Crippen molar-refractivity contribution in [2.45, 2.75) is 46.3 Å². The summed E-state index contributed by atoms with van der Waals surface area (Å²) in [6.07, 6.45) is 0.312. The van der Waals surface area contributed by atoms with Gasteiger partial charge < -0.3 is 34.9 Å². The van der Waals surface area contributed by atoms with Crippen LogP contribution in [0.5, 0.6) is 17.2 Å². The molecule has 0 atom stereocenters. The Morgan fingerprint density at radius 1 is 0.935 bits per heavy atom. The van der Waals surface area contributed by atoms with E-state index in [0.29, 0.717) is 42.8 Å². The number of ether oxygens (including phenoxy) is 4. The largest absolute Gasteiger partial charge is 0.496 e. The molecule has 0 aliphatic heterocycles. The Labute approximate surface area is 202 Å². The van der Waals surface area contributed by atoms with Crippen molar-refractivity contribution in [2.24, 2.45) is 4.99 Å². The van der Waals surface area contributed by atoms with E-state index in [-0.39, 0.29) is 24.0 Å². The van der Waals surface area contributed by atoms with E-state index in [2.05, 4.69) is 20.9 Å². The van der Waals surface area contributed by atoms with Gasteiger partial charge in [-0.3, -0.25) is 0 Å². The lowest BCUT2D eigenvalue weighted by atomic mass is 10.1. The number of guanidine groups is 1. The van der Waals surface area contributed by atoms with Gasteiger partial charge in [0.2, 0.25) is 0 Å². The summed E-state index contributed by atoms with van der Waals surface area (Å²) < 4.78 is 21.3. The molecular formula is C21H37IN4O5. The van der Waals surface area contributed by atoms with Crippen LogP contribution in [0.1, 0.15) is 39.7 Å². The van der Waals surface area contributed by atoms with E-state index in [1.807, 2.05) is 33.8 Å². The number of rotatable bonds is 10. The van der Waals surface area contributed by atoms with Gasteiger partial charge in [0, 0.05) is 31.3 Å². The van der Waals surface area contributed by atoms with Crippen LogP contribution in [0.15, 0.2) is 17.1 Å². The average molecular weight is 552 g/mol. The Hall–Kier alpha value is -2.11. The number of amides is 1. The lowest BCUT2D eigenvalue weighted by molar-refractivity contribution is 0.0527. The number of hydrogen-bond donors (Lipinski definition) is 3. The summed E-state index contributed by atoms with van der Waals surface area (Å²) in [5.41, 5.74) is 0.372. The fourth-order valence-corrected chi connectivity index (χ4v) is 2.52. The minimum Gasteiger partial charge on any atom is -0.496 e. The molecule has 0 heterocycles. The predicted octanol–water partition coefficient (Wildman–Crippen LogP) is 3.30. The highest BCUT2D eigenvalue weighted by atomic mass is 127. The van der Waals surface area contributed by atoms with Crippen LogP contribution < -0.4 is 30.2 Å². The maximum atomic E-state index is 11.7. The third-order valence-electron chi connectivity index (χ3n) is 3.85. The van der Waals surface area contributed by atoms with Gasteiger partial charge in [0.15, 0.2) is 17.5 Å². The third kappa shape index (κ3) is 11.2. The minimum atomic E-state index is -0.502. The van der Waals surface area contributed by atoms with Gasteiger partial charge in [0.05, 0.1) is 27.9 Å². The molecule has 0 saturated carbocycles. The number of aliphatic imine (C=N–C) groups is 1. The number of nitrogens with one attached hydrogen (secondary N) is 3. The first-order valence-electron chi connectivity index (χ1n) is 10.0. The van der Waals surface area contributed by atoms with Crippen molar-refractivity contribution in [3.05, 3.63) is 17.7 Å². The number of methoxy groups -OCH3 is 3. The highest BCUT2D eigenvalue weighted by Gasteiger charge is 2.15. The number of alkyl carbamates (subject to hydrolysis) is 1. The lowest BCUT2D eigenvalue weighted by Gasteiger charge is -2.19. The van der Waals surface area contributed by atoms with Crippen molar-refractivity contribution < 1.29 is 23.7 Å². The fourth-order valence-electron chi connectivity index (χ4n) is 2.52. The zero-order valence-corrected chi connectivity index (χ0v) is 21.9. The fraction of sp³-hybridized carbons (Fsp3) is 0.619. The van der Waals surface area contributed by atoms with Crippen LogP contribution in [0.2, 0.25) is 0 Å². The van der Waals surface area contributed by atoms with E-state index in [9.17, 15) is 4.79 Å². The molecule has 9 nitrogen and oxygen atoms in total. The van der Waals surface area contributed by atoms with E-state index in [0.717, 1.165) is 18.5 Å². The van der Waals surface area contributed by atoms with Crippen molar-refractivity contribution >= 4 is 36.0 Å². The topological polar surface area (TPSA) is 102 Å². The van der Waals surface area contributed by atoms with Gasteiger partial charge in [-0.2, -0.15) is 0 Å². The monoisotopic (exact) mass is 552 g/mol. The summed E-state index contributed by atoms with van der Waals surface area (Å²) in [5, 5.41) is 9.19. The highest BCUT2D eigenvalue weighted by Crippen LogP contribution is 2.34. The Bertz CT molecular complexity index is 708. The van der Waals surface area contributed by atoms with E-state index in [1.54, 1.807) is 27.4 Å². The molecule has 0 aliphatic rings. The first-order valence-corrected chi connectivity index (χ1v) is 10.0. The molecule has 178 valence electrons. The Morgan fingerprint density at radius 2 is 1.52 bits per heavy atom. The van der Waals surface area contributed by atoms with Crippen LogP contribution in [-0.2, 0) is 11.3 Å². The average Bonchev–Trinajstić information content (AvgIpc) is 2.69. The van der Waals surface area contributed by atoms with Gasteiger partial charge in [-0.25, -0.2) is 9.79 Å². The SMILES string of the molecule is CCNC(=NCc1cc(OC)c(OC)cc1OC)NCCCNC(=O)OC(C)(C)C.I. The second-order valence-corrected chi connectivity index (χ2v) is 7.42. The molecule has 1 rings (SSSR count). The molecule has 0 aromatic heterocycles. The second-order valence-electron chi connectivity index (χ2n) is 7.42. The second kappa shape index (κ2) is 14.8. The molecular weight excluding hydrogens is 515 g/mol. The van der Waals surface area contributed by atoms with Crippen molar-refractivity contribution in [2.75, 3.05) is 41.0 Å². The van der Waals surface area contributed by atoms with Crippen LogP contribution in [0, 0.1) is 0 Å². The molecule has 0 radical (unpaired) electrons. The number of benzene rings is 1. The Balaban J connectivity index is 0.00000900. The quantitative estimate of drug-likeness (QED) is 0.177. The highest BCUT2D eigenvalue weighted by molar-refractivity contribution is 14.0. The smallest absolute Gasteiger partial charge is 0.407 e. The number of hydrogen-bond acceptors (Lipinski definition) is 6. The number of halogens is 1. The Morgan fingerprint density at radius 3 is 2.06 bits per heavy atom. The molecule has 0 unspecified atom stereocenters. The van der Waals surface area contributed by atoms with E-state index >= 15 is 0 Å². The van der Waals surface area contributed by atoms with Crippen LogP contribution in [0.25, 0.3) is 0 Å². The van der Waals surface area contributed by atoms with Gasteiger partial charge in [-0.1, -0.05) is 0 Å². The summed E-state index contributed by atoms with van der Waals surface area (Å²) in [6, 6.07) is 3.64. The zero-order chi connectivity index (χ0) is 22.6. The molecule has 0 fully saturated rings. The van der Waals surface area contributed by atoms with Gasteiger partial charge in [-0.05, 0) is 40.2 Å². The van der Waals surface area contributed by atoms with Crippen LogP contribution in [0.3, 0.4) is 0 Å². The van der Waals surface area contributed by atoms with Crippen molar-refractivity contribution in [3.8, 4) is 17.2 Å². The summed E-state index contributed by atoms with van der Waals surface area (Å²) >= 11 is 0. The number of carbonyl (C=O) groups excluding carboxylic acids is 1. The number of nitrogens with zero attached hydrogens (tertiary/aromatic N) is 1. The van der Waals surface area contributed by atoms with Crippen molar-refractivity contribution in [1.29, 1.82) is 0 Å². The van der Waals surface area contributed by atoms with E-state index in [1.165, 1.54) is 0 Å². The van der Waals surface area contributed by atoms with Crippen LogP contribution in [-0.4, -0.2) is 58.6 Å². The van der Waals surface area contributed by atoms with E-state index < -0.39 is 11.7 Å². The van der Waals surface area contributed by atoms with Crippen LogP contribution >= 0.6 is 24.0 Å². The van der Waals surface area contributed by atoms with Gasteiger partial charge in [0.25, 0.3) is 0 Å². The molecule has 0 saturated heterocycles. The van der Waals surface area contributed by atoms with Crippen molar-refractivity contribution in [1.82, 2.24) is 16.0 Å². The van der Waals surface area contributed by atoms with Crippen molar-refractivity contribution in [3.63, 3.8) is 0 Å². The molecule has 1 amide bonds. The summed E-state index contributed by atoms with van der Waals surface area (Å²) in [4.78, 5) is 16.3. The van der Waals surface area contributed by atoms with E-state index in [4.69, 9.17) is 18.9 Å². The summed E-state index contributed by atoms with van der Waals surface area (Å²) in [6.45, 7) is 9.77. The minimum absolute atomic E-state index is 0. The molecule has 1 aromatic rings. The molecule has 1 aromatic carbocycles. The molecule has 0 bridgehead atoms. The van der Waals surface area contributed by atoms with Gasteiger partial charge in [-0.15, -0.1) is 24.0 Å². The third-order valence-corrected chi connectivity index (χ3v) is 3.85. The molecule has 10 heteroatoms. The Kier molecular flexibility index (Phi) is 13.8. The van der Waals surface area contributed by atoms with Gasteiger partial charge >= 0.3 is 6.09 Å². The normalized spacial score (nSPS) is 11.1. The maximum absolute atomic E-state index is 11.7. The van der Waals surface area contributed by atoms with Crippen LogP contribution in [0.4, 0.5) is 4.79 Å². The maximum Gasteiger partial charge on any atom is 0.407 e.